The highest BCUT2D eigenvalue weighted by Crippen LogP contribution is 2.18. The number of fused-ring (bicyclic) bond motifs is 1. The number of aromatic amines is 1. The van der Waals surface area contributed by atoms with Crippen molar-refractivity contribution in [3.8, 4) is 0 Å². The van der Waals surface area contributed by atoms with Crippen LogP contribution < -0.4 is 5.32 Å². The second-order valence-electron chi connectivity index (χ2n) is 6.03. The van der Waals surface area contributed by atoms with Crippen LogP contribution in [0.25, 0.3) is 10.9 Å². The summed E-state index contributed by atoms with van der Waals surface area (Å²) in [5.74, 6) is 0.0790. The van der Waals surface area contributed by atoms with Gasteiger partial charge in [-0.3, -0.25) is 4.79 Å². The van der Waals surface area contributed by atoms with Crippen LogP contribution in [0.3, 0.4) is 0 Å². The summed E-state index contributed by atoms with van der Waals surface area (Å²) < 4.78 is 0. The Bertz CT molecular complexity index is 776. The second kappa shape index (κ2) is 7.14. The van der Waals surface area contributed by atoms with Crippen LogP contribution in [0.15, 0.2) is 60.8 Å². The van der Waals surface area contributed by atoms with Crippen molar-refractivity contribution in [2.75, 3.05) is 0 Å². The van der Waals surface area contributed by atoms with Crippen LogP contribution in [-0.2, 0) is 17.6 Å². The molecular weight excluding hydrogens is 284 g/mol. The molecule has 0 fully saturated rings. The average molecular weight is 306 g/mol. The van der Waals surface area contributed by atoms with Gasteiger partial charge in [-0.2, -0.15) is 0 Å². The van der Waals surface area contributed by atoms with Crippen LogP contribution in [0.2, 0.25) is 0 Å². The van der Waals surface area contributed by atoms with Gasteiger partial charge in [0, 0.05) is 23.1 Å². The van der Waals surface area contributed by atoms with Gasteiger partial charge in [0.05, 0.1) is 6.42 Å². The zero-order chi connectivity index (χ0) is 16.1. The molecule has 0 aliphatic carbocycles. The Hall–Kier alpha value is -2.55. The summed E-state index contributed by atoms with van der Waals surface area (Å²) >= 11 is 0. The first kappa shape index (κ1) is 15.3. The molecule has 0 unspecified atom stereocenters. The van der Waals surface area contributed by atoms with E-state index in [0.29, 0.717) is 6.42 Å². The van der Waals surface area contributed by atoms with Crippen molar-refractivity contribution in [1.29, 1.82) is 0 Å². The van der Waals surface area contributed by atoms with E-state index in [-0.39, 0.29) is 11.9 Å². The molecule has 1 amide bonds. The molecule has 2 aromatic carbocycles. The Morgan fingerprint density at radius 3 is 2.65 bits per heavy atom. The Kier molecular flexibility index (Phi) is 4.77. The molecule has 0 aliphatic heterocycles. The zero-order valence-corrected chi connectivity index (χ0v) is 13.4. The molecule has 1 heterocycles. The number of carbonyl (C=O) groups is 1. The number of benzene rings is 2. The predicted octanol–water partition coefficient (Wildman–Crippen LogP) is 3.85. The standard InChI is InChI=1S/C20H22N2O/c1-15(11-12-16-7-3-2-4-8-16)22-20(23)13-17-14-21-19-10-6-5-9-18(17)19/h2-10,14-15,21H,11-13H2,1H3,(H,22,23)/t15-/m0/s1. The second-order valence-corrected chi connectivity index (χ2v) is 6.03. The molecule has 3 heteroatoms. The number of H-pyrrole nitrogens is 1. The van der Waals surface area contributed by atoms with Crippen LogP contribution >= 0.6 is 0 Å². The zero-order valence-electron chi connectivity index (χ0n) is 13.4. The number of para-hydroxylation sites is 1. The van der Waals surface area contributed by atoms with E-state index in [4.69, 9.17) is 0 Å². The summed E-state index contributed by atoms with van der Waals surface area (Å²) in [6.45, 7) is 2.07. The van der Waals surface area contributed by atoms with Crippen molar-refractivity contribution in [1.82, 2.24) is 10.3 Å². The number of hydrogen-bond acceptors (Lipinski definition) is 1. The monoisotopic (exact) mass is 306 g/mol. The van der Waals surface area contributed by atoms with Crippen molar-refractivity contribution in [3.63, 3.8) is 0 Å². The minimum Gasteiger partial charge on any atom is -0.361 e. The number of amides is 1. The first-order valence-electron chi connectivity index (χ1n) is 8.10. The van der Waals surface area contributed by atoms with E-state index >= 15 is 0 Å². The van der Waals surface area contributed by atoms with Crippen LogP contribution in [0.4, 0.5) is 0 Å². The van der Waals surface area contributed by atoms with Gasteiger partial charge in [-0.25, -0.2) is 0 Å². The number of carbonyl (C=O) groups excluding carboxylic acids is 1. The third-order valence-electron chi connectivity index (χ3n) is 4.14. The van der Waals surface area contributed by atoms with E-state index in [1.165, 1.54) is 5.56 Å². The predicted molar refractivity (Wildman–Crippen MR) is 94.4 cm³/mol. The Balaban J connectivity index is 1.52. The Morgan fingerprint density at radius 2 is 1.83 bits per heavy atom. The summed E-state index contributed by atoms with van der Waals surface area (Å²) in [6.07, 6.45) is 4.28. The third-order valence-corrected chi connectivity index (χ3v) is 4.14. The molecule has 118 valence electrons. The van der Waals surface area contributed by atoms with Crippen molar-refractivity contribution in [3.05, 3.63) is 71.9 Å². The lowest BCUT2D eigenvalue weighted by atomic mass is 10.1. The maximum Gasteiger partial charge on any atom is 0.224 e. The molecule has 0 bridgehead atoms. The Labute approximate surface area is 136 Å². The molecular formula is C20H22N2O. The first-order valence-corrected chi connectivity index (χ1v) is 8.10. The molecule has 1 atom stereocenters. The fraction of sp³-hybridized carbons (Fsp3) is 0.250. The molecule has 0 saturated heterocycles. The van der Waals surface area contributed by atoms with E-state index < -0.39 is 0 Å². The number of hydrogen-bond donors (Lipinski definition) is 2. The van der Waals surface area contributed by atoms with Crippen molar-refractivity contribution < 1.29 is 4.79 Å². The molecule has 0 spiro atoms. The maximum atomic E-state index is 12.3. The molecule has 2 N–H and O–H groups in total. The lowest BCUT2D eigenvalue weighted by Crippen LogP contribution is -2.34. The fourth-order valence-electron chi connectivity index (χ4n) is 2.88. The smallest absolute Gasteiger partial charge is 0.224 e. The SMILES string of the molecule is C[C@@H](CCc1ccccc1)NC(=O)Cc1c[nH]c2ccccc12. The highest BCUT2D eigenvalue weighted by molar-refractivity contribution is 5.88. The van der Waals surface area contributed by atoms with Crippen molar-refractivity contribution in [2.45, 2.75) is 32.2 Å². The van der Waals surface area contributed by atoms with Gasteiger partial charge in [0.1, 0.15) is 0 Å². The van der Waals surface area contributed by atoms with Crippen LogP contribution in [0.1, 0.15) is 24.5 Å². The quantitative estimate of drug-likeness (QED) is 0.714. The summed E-state index contributed by atoms with van der Waals surface area (Å²) in [5, 5.41) is 4.22. The Morgan fingerprint density at radius 1 is 1.09 bits per heavy atom. The van der Waals surface area contributed by atoms with Gasteiger partial charge in [0.25, 0.3) is 0 Å². The van der Waals surface area contributed by atoms with Crippen LogP contribution in [-0.4, -0.2) is 16.9 Å². The summed E-state index contributed by atoms with van der Waals surface area (Å²) in [5.41, 5.74) is 3.44. The largest absolute Gasteiger partial charge is 0.361 e. The van der Waals surface area contributed by atoms with E-state index in [2.05, 4.69) is 41.5 Å². The number of rotatable bonds is 6. The minimum absolute atomic E-state index is 0.0790. The molecule has 3 rings (SSSR count). The summed E-state index contributed by atoms with van der Waals surface area (Å²) in [4.78, 5) is 15.5. The van der Waals surface area contributed by atoms with E-state index in [1.807, 2.05) is 36.5 Å². The summed E-state index contributed by atoms with van der Waals surface area (Å²) in [7, 11) is 0. The van der Waals surface area contributed by atoms with E-state index in [9.17, 15) is 4.79 Å². The molecule has 3 nitrogen and oxygen atoms in total. The van der Waals surface area contributed by atoms with Gasteiger partial charge in [-0.05, 0) is 37.0 Å². The molecule has 23 heavy (non-hydrogen) atoms. The van der Waals surface area contributed by atoms with E-state index in [0.717, 1.165) is 29.3 Å². The molecule has 0 saturated carbocycles. The average Bonchev–Trinajstić information content (AvgIpc) is 2.97. The highest BCUT2D eigenvalue weighted by Gasteiger charge is 2.11. The van der Waals surface area contributed by atoms with Gasteiger partial charge in [-0.15, -0.1) is 0 Å². The third kappa shape index (κ3) is 4.01. The van der Waals surface area contributed by atoms with Gasteiger partial charge in [0.2, 0.25) is 5.91 Å². The maximum absolute atomic E-state index is 12.3. The van der Waals surface area contributed by atoms with Gasteiger partial charge in [0.15, 0.2) is 0 Å². The molecule has 0 aliphatic rings. The van der Waals surface area contributed by atoms with Gasteiger partial charge >= 0.3 is 0 Å². The van der Waals surface area contributed by atoms with Gasteiger partial charge < -0.3 is 10.3 Å². The topological polar surface area (TPSA) is 44.9 Å². The van der Waals surface area contributed by atoms with Crippen LogP contribution in [0.5, 0.6) is 0 Å². The number of aromatic nitrogens is 1. The lowest BCUT2D eigenvalue weighted by Gasteiger charge is -2.13. The van der Waals surface area contributed by atoms with E-state index in [1.54, 1.807) is 0 Å². The normalized spacial score (nSPS) is 12.2. The number of aryl methyl sites for hydroxylation is 1. The van der Waals surface area contributed by atoms with Crippen molar-refractivity contribution in [2.24, 2.45) is 0 Å². The van der Waals surface area contributed by atoms with Crippen molar-refractivity contribution >= 4 is 16.8 Å². The molecule has 3 aromatic rings. The minimum atomic E-state index is 0.0790. The highest BCUT2D eigenvalue weighted by atomic mass is 16.1. The van der Waals surface area contributed by atoms with Crippen LogP contribution in [0, 0.1) is 0 Å². The lowest BCUT2D eigenvalue weighted by molar-refractivity contribution is -0.121. The molecule has 1 aromatic heterocycles. The summed E-state index contributed by atoms with van der Waals surface area (Å²) in [6, 6.07) is 18.6. The number of nitrogens with one attached hydrogen (secondary N) is 2. The fourth-order valence-corrected chi connectivity index (χ4v) is 2.88. The first-order chi connectivity index (χ1) is 11.2. The molecule has 0 radical (unpaired) electrons. The van der Waals surface area contributed by atoms with Gasteiger partial charge in [-0.1, -0.05) is 48.5 Å².